The summed E-state index contributed by atoms with van der Waals surface area (Å²) in [5.74, 6) is -0.0268. The summed E-state index contributed by atoms with van der Waals surface area (Å²) in [4.78, 5) is 20.3. The number of carbonyl (C=O) groups is 1. The summed E-state index contributed by atoms with van der Waals surface area (Å²) in [6, 6.07) is 6.62. The number of esters is 1. The number of aliphatic imine (C=N–C) groups is 1. The summed E-state index contributed by atoms with van der Waals surface area (Å²) in [5, 5.41) is 19.0. The SMILES string of the molecule is CCC(=N)N1C(=N)C(CC(=O)OC(C)(C)C)N=C(c2ccc(Cl)cc2)c2c1sc(C)c2C. The number of anilines is 1. The van der Waals surface area contributed by atoms with Crippen LogP contribution in [0.2, 0.25) is 5.02 Å². The van der Waals surface area contributed by atoms with Gasteiger partial charge in [-0.15, -0.1) is 11.3 Å². The number of thiophene rings is 1. The van der Waals surface area contributed by atoms with Crippen LogP contribution in [0.15, 0.2) is 29.3 Å². The van der Waals surface area contributed by atoms with Gasteiger partial charge in [-0.2, -0.15) is 0 Å². The summed E-state index contributed by atoms with van der Waals surface area (Å²) in [6.45, 7) is 11.4. The maximum atomic E-state index is 12.7. The summed E-state index contributed by atoms with van der Waals surface area (Å²) in [6.07, 6.45) is 0.376. The molecule has 1 unspecified atom stereocenters. The standard InChI is InChI=1S/C24H29ClN4O2S/c1-7-18(26)29-22(27)17(12-19(30)31-24(4,5)6)28-21(15-8-10-16(25)11-9-15)20-13(2)14(3)32-23(20)29/h8-11,17,26-27H,7,12H2,1-6H3. The lowest BCUT2D eigenvalue weighted by atomic mass is 9.99. The van der Waals surface area contributed by atoms with E-state index in [-0.39, 0.29) is 12.3 Å². The third-order valence-electron chi connectivity index (χ3n) is 5.15. The Balaban J connectivity index is 2.20. The molecule has 0 aliphatic carbocycles. The van der Waals surface area contributed by atoms with Crippen LogP contribution in [0.25, 0.3) is 0 Å². The molecule has 0 saturated heterocycles. The van der Waals surface area contributed by atoms with Crippen LogP contribution in [0.4, 0.5) is 5.00 Å². The normalized spacial score (nSPS) is 16.3. The largest absolute Gasteiger partial charge is 0.460 e. The molecule has 1 aromatic carbocycles. The van der Waals surface area contributed by atoms with E-state index in [1.807, 2.05) is 53.7 Å². The molecule has 2 aromatic rings. The lowest BCUT2D eigenvalue weighted by Crippen LogP contribution is -2.42. The number of hydrogen-bond donors (Lipinski definition) is 2. The lowest BCUT2D eigenvalue weighted by molar-refractivity contribution is -0.154. The Kier molecular flexibility index (Phi) is 6.91. The summed E-state index contributed by atoms with van der Waals surface area (Å²) >= 11 is 7.65. The molecule has 0 amide bonds. The molecule has 0 bridgehead atoms. The Morgan fingerprint density at radius 3 is 2.44 bits per heavy atom. The second kappa shape index (κ2) is 9.16. The van der Waals surface area contributed by atoms with Gasteiger partial charge in [-0.3, -0.25) is 25.5 Å². The highest BCUT2D eigenvalue weighted by Gasteiger charge is 2.36. The summed E-state index contributed by atoms with van der Waals surface area (Å²) in [7, 11) is 0. The van der Waals surface area contributed by atoms with Gasteiger partial charge in [0.1, 0.15) is 28.3 Å². The van der Waals surface area contributed by atoms with E-state index in [1.54, 1.807) is 17.0 Å². The molecule has 32 heavy (non-hydrogen) atoms. The highest BCUT2D eigenvalue weighted by atomic mass is 35.5. The van der Waals surface area contributed by atoms with Crippen molar-refractivity contribution in [3.05, 3.63) is 50.9 Å². The Labute approximate surface area is 198 Å². The smallest absolute Gasteiger partial charge is 0.308 e. The van der Waals surface area contributed by atoms with Crippen LogP contribution >= 0.6 is 22.9 Å². The van der Waals surface area contributed by atoms with E-state index in [1.165, 1.54) is 11.3 Å². The van der Waals surface area contributed by atoms with Gasteiger partial charge in [0, 0.05) is 27.4 Å². The Bertz CT molecular complexity index is 1100. The van der Waals surface area contributed by atoms with Crippen molar-refractivity contribution in [2.45, 2.75) is 66.0 Å². The van der Waals surface area contributed by atoms with Crippen molar-refractivity contribution in [2.75, 3.05) is 4.90 Å². The quantitative estimate of drug-likeness (QED) is 0.318. The van der Waals surface area contributed by atoms with E-state index >= 15 is 0 Å². The fourth-order valence-corrected chi connectivity index (χ4v) is 4.84. The first kappa shape index (κ1) is 24.1. The van der Waals surface area contributed by atoms with E-state index in [0.717, 1.165) is 26.6 Å². The average Bonchev–Trinajstić information content (AvgIpc) is 2.92. The number of halogens is 1. The van der Waals surface area contributed by atoms with E-state index in [2.05, 4.69) is 0 Å². The van der Waals surface area contributed by atoms with E-state index in [9.17, 15) is 4.79 Å². The molecule has 1 atom stereocenters. The Morgan fingerprint density at radius 1 is 1.25 bits per heavy atom. The zero-order valence-electron chi connectivity index (χ0n) is 19.3. The van der Waals surface area contributed by atoms with E-state index in [4.69, 9.17) is 32.1 Å². The molecule has 3 rings (SSSR count). The molecule has 0 spiro atoms. The number of amidine groups is 2. The zero-order chi connectivity index (χ0) is 23.8. The summed E-state index contributed by atoms with van der Waals surface area (Å²) in [5.41, 5.74) is 2.86. The first-order valence-corrected chi connectivity index (χ1v) is 11.7. The molecule has 6 nitrogen and oxygen atoms in total. The maximum Gasteiger partial charge on any atom is 0.308 e. The van der Waals surface area contributed by atoms with Gasteiger partial charge in [-0.25, -0.2) is 0 Å². The number of carbonyl (C=O) groups excluding carboxylic acids is 1. The van der Waals surface area contributed by atoms with Gasteiger partial charge in [0.15, 0.2) is 0 Å². The van der Waals surface area contributed by atoms with Crippen molar-refractivity contribution in [2.24, 2.45) is 4.99 Å². The minimum atomic E-state index is -0.776. The molecular formula is C24H29ClN4O2S. The zero-order valence-corrected chi connectivity index (χ0v) is 20.9. The minimum absolute atomic E-state index is 0.0757. The Hall–Kier alpha value is -2.51. The molecular weight excluding hydrogens is 444 g/mol. The molecule has 1 aromatic heterocycles. The third kappa shape index (κ3) is 4.94. The van der Waals surface area contributed by atoms with Crippen LogP contribution in [0.3, 0.4) is 0 Å². The number of aryl methyl sites for hydroxylation is 1. The van der Waals surface area contributed by atoms with Gasteiger partial charge >= 0.3 is 5.97 Å². The highest BCUT2D eigenvalue weighted by Crippen LogP contribution is 2.40. The second-order valence-corrected chi connectivity index (χ2v) is 10.4. The molecule has 2 N–H and O–H groups in total. The maximum absolute atomic E-state index is 12.7. The number of hydrogen-bond acceptors (Lipinski definition) is 6. The van der Waals surface area contributed by atoms with Crippen molar-refractivity contribution in [3.8, 4) is 0 Å². The lowest BCUT2D eigenvalue weighted by Gasteiger charge is -2.26. The minimum Gasteiger partial charge on any atom is -0.460 e. The Morgan fingerprint density at radius 2 is 1.88 bits per heavy atom. The summed E-state index contributed by atoms with van der Waals surface area (Å²) < 4.78 is 5.52. The van der Waals surface area contributed by atoms with Crippen molar-refractivity contribution >= 4 is 51.3 Å². The van der Waals surface area contributed by atoms with Gasteiger partial charge < -0.3 is 4.74 Å². The second-order valence-electron chi connectivity index (χ2n) is 8.78. The molecule has 170 valence electrons. The van der Waals surface area contributed by atoms with E-state index in [0.29, 0.717) is 23.0 Å². The molecule has 8 heteroatoms. The number of fused-ring (bicyclic) bond motifs is 1. The first-order chi connectivity index (χ1) is 14.9. The molecule has 0 radical (unpaired) electrons. The van der Waals surface area contributed by atoms with E-state index < -0.39 is 17.6 Å². The van der Waals surface area contributed by atoms with Crippen LogP contribution in [-0.2, 0) is 9.53 Å². The number of ether oxygens (including phenoxy) is 1. The third-order valence-corrected chi connectivity index (χ3v) is 6.59. The van der Waals surface area contributed by atoms with Crippen LogP contribution in [0.5, 0.6) is 0 Å². The topological polar surface area (TPSA) is 89.6 Å². The monoisotopic (exact) mass is 472 g/mol. The highest BCUT2D eigenvalue weighted by molar-refractivity contribution is 7.17. The van der Waals surface area contributed by atoms with Crippen LogP contribution in [0.1, 0.15) is 62.1 Å². The van der Waals surface area contributed by atoms with Crippen LogP contribution in [0, 0.1) is 24.7 Å². The van der Waals surface area contributed by atoms with Gasteiger partial charge in [0.25, 0.3) is 0 Å². The predicted molar refractivity (Wildman–Crippen MR) is 133 cm³/mol. The van der Waals surface area contributed by atoms with Gasteiger partial charge in [0.2, 0.25) is 0 Å². The van der Waals surface area contributed by atoms with Crippen LogP contribution in [-0.4, -0.2) is 35.0 Å². The van der Waals surface area contributed by atoms with Gasteiger partial charge in [-0.05, 0) is 52.3 Å². The fraction of sp³-hybridized carbons (Fsp3) is 0.417. The number of rotatable bonds is 4. The molecule has 1 aliphatic rings. The number of benzene rings is 1. The molecule has 1 aliphatic heterocycles. The fourth-order valence-electron chi connectivity index (χ4n) is 3.52. The van der Waals surface area contributed by atoms with Crippen molar-refractivity contribution in [3.63, 3.8) is 0 Å². The molecule has 2 heterocycles. The van der Waals surface area contributed by atoms with Crippen LogP contribution < -0.4 is 4.90 Å². The molecule has 0 saturated carbocycles. The predicted octanol–water partition coefficient (Wildman–Crippen LogP) is 6.14. The number of nitrogens with zero attached hydrogens (tertiary/aromatic N) is 2. The van der Waals surface area contributed by atoms with Gasteiger partial charge in [-0.1, -0.05) is 30.7 Å². The van der Waals surface area contributed by atoms with Crippen molar-refractivity contribution in [1.82, 2.24) is 0 Å². The first-order valence-electron chi connectivity index (χ1n) is 10.5. The number of nitrogens with one attached hydrogen (secondary N) is 2. The van der Waals surface area contributed by atoms with Gasteiger partial charge in [0.05, 0.1) is 12.1 Å². The average molecular weight is 473 g/mol. The van der Waals surface area contributed by atoms with Crippen molar-refractivity contribution in [1.29, 1.82) is 10.8 Å². The molecule has 0 fully saturated rings. The van der Waals surface area contributed by atoms with Crippen molar-refractivity contribution < 1.29 is 9.53 Å².